The molecule has 9 heteroatoms. The lowest BCUT2D eigenvalue weighted by atomic mass is 9.85. The Balaban J connectivity index is 1.72. The van der Waals surface area contributed by atoms with E-state index in [9.17, 15) is 12.8 Å². The van der Waals surface area contributed by atoms with Gasteiger partial charge >= 0.3 is 0 Å². The van der Waals surface area contributed by atoms with Crippen LogP contribution < -0.4 is 0 Å². The van der Waals surface area contributed by atoms with Crippen LogP contribution in [0.3, 0.4) is 0 Å². The molecule has 0 unspecified atom stereocenters. The van der Waals surface area contributed by atoms with Crippen LogP contribution in [0.15, 0.2) is 64.2 Å². The number of sulfonamides is 1. The van der Waals surface area contributed by atoms with E-state index in [0.717, 1.165) is 12.8 Å². The van der Waals surface area contributed by atoms with Crippen LogP contribution in [0.2, 0.25) is 5.02 Å². The smallest absolute Gasteiger partial charge is 0.243 e. The van der Waals surface area contributed by atoms with E-state index in [4.69, 9.17) is 16.0 Å². The van der Waals surface area contributed by atoms with E-state index >= 15 is 4.39 Å². The van der Waals surface area contributed by atoms with Crippen molar-refractivity contribution in [2.75, 3.05) is 6.67 Å². The minimum atomic E-state index is -4.02. The lowest BCUT2D eigenvalue weighted by molar-refractivity contribution is 0.146. The number of rotatable bonds is 7. The average Bonchev–Trinajstić information content (AvgIpc) is 3.33. The monoisotopic (exact) mass is 480 g/mol. The van der Waals surface area contributed by atoms with Gasteiger partial charge in [0.2, 0.25) is 15.9 Å². The van der Waals surface area contributed by atoms with Gasteiger partial charge in [0, 0.05) is 34.7 Å². The van der Waals surface area contributed by atoms with Gasteiger partial charge in [0.25, 0.3) is 0 Å². The predicted octanol–water partition coefficient (Wildman–Crippen LogP) is 5.85. The maximum Gasteiger partial charge on any atom is 0.243 e. The third-order valence-electron chi connectivity index (χ3n) is 5.92. The summed E-state index contributed by atoms with van der Waals surface area (Å²) in [6.07, 6.45) is 5.61. The molecule has 1 aliphatic carbocycles. The van der Waals surface area contributed by atoms with E-state index in [-0.39, 0.29) is 22.9 Å². The Bertz CT molecular complexity index is 1150. The van der Waals surface area contributed by atoms with E-state index in [2.05, 4.69) is 4.98 Å². The molecule has 1 heterocycles. The second-order valence-electron chi connectivity index (χ2n) is 7.91. The van der Waals surface area contributed by atoms with Crippen molar-refractivity contribution in [1.82, 2.24) is 9.29 Å². The molecule has 0 radical (unpaired) electrons. The third-order valence-corrected chi connectivity index (χ3v) is 8.05. The highest BCUT2D eigenvalue weighted by molar-refractivity contribution is 7.89. The Morgan fingerprint density at radius 3 is 2.53 bits per heavy atom. The van der Waals surface area contributed by atoms with Crippen LogP contribution in [-0.2, 0) is 16.6 Å². The van der Waals surface area contributed by atoms with Crippen molar-refractivity contribution in [2.45, 2.75) is 43.2 Å². The van der Waals surface area contributed by atoms with Crippen LogP contribution in [-0.4, -0.2) is 30.4 Å². The standard InChI is InChI=1S/C23H23ClF2N2O3S/c24-19-7-9-20(10-8-19)32(29,30)28(22-4-2-1-3-17(22)14-25)15-18-6-5-16(13-21(18)26)23-27-11-12-31-23/h5-13,17,22H,1-4,14-15H2/t17-,22+/m0/s1. The summed E-state index contributed by atoms with van der Waals surface area (Å²) in [5.74, 6) is -0.740. The molecule has 4 rings (SSSR count). The first-order valence-electron chi connectivity index (χ1n) is 10.4. The maximum absolute atomic E-state index is 15.0. The Morgan fingerprint density at radius 1 is 1.12 bits per heavy atom. The molecule has 1 saturated carbocycles. The molecule has 0 aliphatic heterocycles. The summed E-state index contributed by atoms with van der Waals surface area (Å²) in [4.78, 5) is 4.05. The molecule has 0 saturated heterocycles. The zero-order valence-electron chi connectivity index (χ0n) is 17.3. The summed E-state index contributed by atoms with van der Waals surface area (Å²) in [5.41, 5.74) is 0.642. The minimum absolute atomic E-state index is 0.0434. The first-order valence-corrected chi connectivity index (χ1v) is 12.2. The Labute approximate surface area is 191 Å². The molecule has 1 aliphatic rings. The molecule has 1 aromatic heterocycles. The highest BCUT2D eigenvalue weighted by atomic mass is 35.5. The summed E-state index contributed by atoms with van der Waals surface area (Å²) >= 11 is 5.92. The number of halogens is 3. The summed E-state index contributed by atoms with van der Waals surface area (Å²) in [6.45, 7) is -0.827. The summed E-state index contributed by atoms with van der Waals surface area (Å²) < 4.78 is 62.5. The topological polar surface area (TPSA) is 63.4 Å². The van der Waals surface area contributed by atoms with Gasteiger partial charge in [-0.15, -0.1) is 0 Å². The van der Waals surface area contributed by atoms with Crippen molar-refractivity contribution in [3.63, 3.8) is 0 Å². The molecule has 0 N–H and O–H groups in total. The number of hydrogen-bond acceptors (Lipinski definition) is 4. The first kappa shape index (κ1) is 22.9. The van der Waals surface area contributed by atoms with Crippen molar-refractivity contribution in [2.24, 2.45) is 5.92 Å². The fourth-order valence-corrected chi connectivity index (χ4v) is 6.03. The van der Waals surface area contributed by atoms with Crippen LogP contribution in [0, 0.1) is 11.7 Å². The van der Waals surface area contributed by atoms with Gasteiger partial charge in [-0.1, -0.05) is 30.5 Å². The van der Waals surface area contributed by atoms with Crippen molar-refractivity contribution in [1.29, 1.82) is 0 Å². The van der Waals surface area contributed by atoms with Crippen molar-refractivity contribution < 1.29 is 21.6 Å². The largest absolute Gasteiger partial charge is 0.445 e. The lowest BCUT2D eigenvalue weighted by Gasteiger charge is -2.38. The Morgan fingerprint density at radius 2 is 1.88 bits per heavy atom. The third kappa shape index (κ3) is 4.72. The molecule has 170 valence electrons. The van der Waals surface area contributed by atoms with Crippen LogP contribution >= 0.6 is 11.6 Å². The molecule has 32 heavy (non-hydrogen) atoms. The number of alkyl halides is 1. The normalized spacial score (nSPS) is 19.4. The minimum Gasteiger partial charge on any atom is -0.445 e. The SMILES string of the molecule is O=S(=O)(c1ccc(Cl)cc1)N(Cc1ccc(-c2ncco2)cc1F)[C@@H]1CCCC[C@H]1CF. The summed E-state index contributed by atoms with van der Waals surface area (Å²) in [5, 5.41) is 0.406. The molecule has 0 amide bonds. The zero-order chi connectivity index (χ0) is 22.7. The van der Waals surface area contributed by atoms with Crippen molar-refractivity contribution >= 4 is 21.6 Å². The van der Waals surface area contributed by atoms with E-state index in [1.807, 2.05) is 0 Å². The number of oxazole rings is 1. The first-order chi connectivity index (χ1) is 15.4. The van der Waals surface area contributed by atoms with Gasteiger partial charge in [0.1, 0.15) is 12.1 Å². The fraction of sp³-hybridized carbons (Fsp3) is 0.348. The Hall–Kier alpha value is -2.29. The van der Waals surface area contributed by atoms with Crippen molar-refractivity contribution in [3.05, 3.63) is 71.3 Å². The second-order valence-corrected chi connectivity index (χ2v) is 10.2. The molecular weight excluding hydrogens is 458 g/mol. The van der Waals surface area contributed by atoms with Crippen LogP contribution in [0.4, 0.5) is 8.78 Å². The highest BCUT2D eigenvalue weighted by Gasteiger charge is 2.38. The summed E-state index contributed by atoms with van der Waals surface area (Å²) in [6, 6.07) is 9.68. The van der Waals surface area contributed by atoms with Gasteiger partial charge in [0.15, 0.2) is 0 Å². The highest BCUT2D eigenvalue weighted by Crippen LogP contribution is 2.34. The van der Waals surface area contributed by atoms with Crippen molar-refractivity contribution in [3.8, 4) is 11.5 Å². The Kier molecular flexibility index (Phi) is 6.93. The molecule has 0 spiro atoms. The number of benzene rings is 2. The van der Waals surface area contributed by atoms with Gasteiger partial charge < -0.3 is 4.42 Å². The van der Waals surface area contributed by atoms with E-state index < -0.39 is 34.5 Å². The van der Waals surface area contributed by atoms with Gasteiger partial charge in [-0.25, -0.2) is 17.8 Å². The summed E-state index contributed by atoms with van der Waals surface area (Å²) in [7, 11) is -4.02. The van der Waals surface area contributed by atoms with Crippen LogP contribution in [0.25, 0.3) is 11.5 Å². The molecule has 2 aromatic carbocycles. The maximum atomic E-state index is 15.0. The number of nitrogens with zero attached hydrogens (tertiary/aromatic N) is 2. The molecule has 0 bridgehead atoms. The molecule has 1 fully saturated rings. The number of aromatic nitrogens is 1. The van der Waals surface area contributed by atoms with Gasteiger partial charge in [-0.05, 0) is 49.2 Å². The zero-order valence-corrected chi connectivity index (χ0v) is 18.8. The molecular formula is C23H23ClF2N2O3S. The number of hydrogen-bond donors (Lipinski definition) is 0. The van der Waals surface area contributed by atoms with Crippen LogP contribution in [0.1, 0.15) is 31.2 Å². The predicted molar refractivity (Wildman–Crippen MR) is 118 cm³/mol. The van der Waals surface area contributed by atoms with E-state index in [0.29, 0.717) is 23.4 Å². The lowest BCUT2D eigenvalue weighted by Crippen LogP contribution is -2.46. The molecule has 5 nitrogen and oxygen atoms in total. The van der Waals surface area contributed by atoms with E-state index in [1.165, 1.54) is 53.2 Å². The molecule has 2 atom stereocenters. The average molecular weight is 481 g/mol. The van der Waals surface area contributed by atoms with Gasteiger partial charge in [-0.2, -0.15) is 4.31 Å². The van der Waals surface area contributed by atoms with Gasteiger partial charge in [-0.3, -0.25) is 4.39 Å². The van der Waals surface area contributed by atoms with Crippen LogP contribution in [0.5, 0.6) is 0 Å². The quantitative estimate of drug-likeness (QED) is 0.425. The van der Waals surface area contributed by atoms with E-state index in [1.54, 1.807) is 6.07 Å². The molecule has 3 aromatic rings. The van der Waals surface area contributed by atoms with Gasteiger partial charge in [0.05, 0.1) is 17.8 Å². The second kappa shape index (κ2) is 9.68. The fourth-order valence-electron chi connectivity index (χ4n) is 4.21.